The molecule has 0 saturated heterocycles. The van der Waals surface area contributed by atoms with Gasteiger partial charge in [-0.15, -0.1) is 10.2 Å². The molecule has 0 saturated carbocycles. The number of ether oxygens (including phenoxy) is 1. The molecule has 1 N–H and O–H groups in total. The minimum absolute atomic E-state index is 0.217. The van der Waals surface area contributed by atoms with Crippen molar-refractivity contribution >= 4 is 45.6 Å². The molecule has 0 radical (unpaired) electrons. The number of hydrogen-bond donors (Lipinski definition) is 1. The number of aromatic nitrogens is 2. The minimum Gasteiger partial charge on any atom is -0.377 e. The van der Waals surface area contributed by atoms with Gasteiger partial charge in [-0.3, -0.25) is 10.1 Å². The van der Waals surface area contributed by atoms with E-state index in [0.717, 1.165) is 0 Å². The van der Waals surface area contributed by atoms with E-state index in [0.29, 0.717) is 16.7 Å². The van der Waals surface area contributed by atoms with Crippen molar-refractivity contribution in [1.29, 1.82) is 0 Å². The molecule has 1 heterocycles. The molecule has 100 valence electrons. The van der Waals surface area contributed by atoms with Gasteiger partial charge in [0.25, 0.3) is 5.91 Å². The van der Waals surface area contributed by atoms with Gasteiger partial charge in [0, 0.05) is 7.11 Å². The average Bonchev–Trinajstić information content (AvgIpc) is 2.77. The number of benzene rings is 1. The van der Waals surface area contributed by atoms with E-state index in [2.05, 4.69) is 15.5 Å². The Morgan fingerprint density at radius 1 is 1.37 bits per heavy atom. The molecule has 19 heavy (non-hydrogen) atoms. The second-order valence-corrected chi connectivity index (χ2v) is 5.36. The number of nitrogens with one attached hydrogen (secondary N) is 1. The Hall–Kier alpha value is -1.21. The fourth-order valence-electron chi connectivity index (χ4n) is 1.36. The summed E-state index contributed by atoms with van der Waals surface area (Å²) in [5.74, 6) is -0.421. The van der Waals surface area contributed by atoms with E-state index < -0.39 is 5.91 Å². The SMILES string of the molecule is COCc1nnc(NC(=O)c2c(Cl)cccc2Cl)s1. The van der Waals surface area contributed by atoms with E-state index in [1.54, 1.807) is 25.3 Å². The smallest absolute Gasteiger partial charge is 0.260 e. The van der Waals surface area contributed by atoms with Gasteiger partial charge in [0.05, 0.1) is 15.6 Å². The Bertz CT molecular complexity index is 583. The van der Waals surface area contributed by atoms with Gasteiger partial charge in [-0.05, 0) is 12.1 Å². The topological polar surface area (TPSA) is 64.1 Å². The maximum absolute atomic E-state index is 12.1. The Labute approximate surface area is 123 Å². The molecule has 1 aromatic carbocycles. The number of methoxy groups -OCH3 is 1. The van der Waals surface area contributed by atoms with Gasteiger partial charge in [0.2, 0.25) is 5.13 Å². The first-order valence-corrected chi connectivity index (χ1v) is 6.75. The number of hydrogen-bond acceptors (Lipinski definition) is 5. The lowest BCUT2D eigenvalue weighted by molar-refractivity contribution is 0.102. The lowest BCUT2D eigenvalue weighted by Crippen LogP contribution is -2.12. The second kappa shape index (κ2) is 6.29. The number of amides is 1. The molecule has 8 heteroatoms. The molecule has 0 unspecified atom stereocenters. The molecule has 2 aromatic rings. The van der Waals surface area contributed by atoms with Gasteiger partial charge in [0.1, 0.15) is 11.6 Å². The third kappa shape index (κ3) is 3.42. The van der Waals surface area contributed by atoms with Gasteiger partial charge >= 0.3 is 0 Å². The highest BCUT2D eigenvalue weighted by molar-refractivity contribution is 7.15. The summed E-state index contributed by atoms with van der Waals surface area (Å²) in [5.41, 5.74) is 0.217. The Kier molecular flexibility index (Phi) is 4.71. The zero-order valence-corrected chi connectivity index (χ0v) is 12.1. The molecule has 0 aliphatic carbocycles. The van der Waals surface area contributed by atoms with Crippen LogP contribution in [0.1, 0.15) is 15.4 Å². The highest BCUT2D eigenvalue weighted by Crippen LogP contribution is 2.26. The van der Waals surface area contributed by atoms with Crippen LogP contribution in [0.25, 0.3) is 0 Å². The van der Waals surface area contributed by atoms with Crippen molar-refractivity contribution in [2.24, 2.45) is 0 Å². The molecule has 2 rings (SSSR count). The van der Waals surface area contributed by atoms with Crippen molar-refractivity contribution in [3.8, 4) is 0 Å². The summed E-state index contributed by atoms with van der Waals surface area (Å²) >= 11 is 13.1. The van der Waals surface area contributed by atoms with Crippen LogP contribution in [0.3, 0.4) is 0 Å². The minimum atomic E-state index is -0.421. The van der Waals surface area contributed by atoms with Crippen LogP contribution in [0.15, 0.2) is 18.2 Å². The van der Waals surface area contributed by atoms with Gasteiger partial charge < -0.3 is 4.74 Å². The van der Waals surface area contributed by atoms with E-state index in [4.69, 9.17) is 27.9 Å². The third-order valence-corrected chi connectivity index (χ3v) is 3.59. The first kappa shape index (κ1) is 14.2. The predicted molar refractivity (Wildman–Crippen MR) is 75.0 cm³/mol. The van der Waals surface area contributed by atoms with Crippen LogP contribution in [-0.2, 0) is 11.3 Å². The van der Waals surface area contributed by atoms with Gasteiger partial charge in [-0.1, -0.05) is 40.6 Å². The monoisotopic (exact) mass is 317 g/mol. The van der Waals surface area contributed by atoms with Crippen molar-refractivity contribution < 1.29 is 9.53 Å². The van der Waals surface area contributed by atoms with Crippen molar-refractivity contribution in [3.05, 3.63) is 38.8 Å². The van der Waals surface area contributed by atoms with Crippen LogP contribution in [0.5, 0.6) is 0 Å². The Balaban J connectivity index is 2.16. The van der Waals surface area contributed by atoms with Gasteiger partial charge in [-0.25, -0.2) is 0 Å². The van der Waals surface area contributed by atoms with Crippen LogP contribution >= 0.6 is 34.5 Å². The van der Waals surface area contributed by atoms with Crippen LogP contribution < -0.4 is 5.32 Å². The second-order valence-electron chi connectivity index (χ2n) is 3.48. The standard InChI is InChI=1S/C11H9Cl2N3O2S/c1-18-5-8-15-16-11(19-8)14-10(17)9-6(12)3-2-4-7(9)13/h2-4H,5H2,1H3,(H,14,16,17). The van der Waals surface area contributed by atoms with E-state index in [-0.39, 0.29) is 15.6 Å². The van der Waals surface area contributed by atoms with Crippen LogP contribution in [0.4, 0.5) is 5.13 Å². The van der Waals surface area contributed by atoms with Crippen LogP contribution in [0, 0.1) is 0 Å². The molecule has 5 nitrogen and oxygen atoms in total. The normalized spacial score (nSPS) is 10.5. The summed E-state index contributed by atoms with van der Waals surface area (Å²) < 4.78 is 4.92. The summed E-state index contributed by atoms with van der Waals surface area (Å²) in [6, 6.07) is 4.86. The van der Waals surface area contributed by atoms with E-state index in [1.807, 2.05) is 0 Å². The average molecular weight is 318 g/mol. The van der Waals surface area contributed by atoms with Gasteiger partial charge in [-0.2, -0.15) is 0 Å². The van der Waals surface area contributed by atoms with Crippen molar-refractivity contribution in [2.75, 3.05) is 12.4 Å². The quantitative estimate of drug-likeness (QED) is 0.940. The van der Waals surface area contributed by atoms with E-state index >= 15 is 0 Å². The number of anilines is 1. The molecule has 0 aliphatic heterocycles. The lowest BCUT2D eigenvalue weighted by Gasteiger charge is -2.05. The lowest BCUT2D eigenvalue weighted by atomic mass is 10.2. The fourth-order valence-corrected chi connectivity index (χ4v) is 2.64. The first-order chi connectivity index (χ1) is 9.11. The van der Waals surface area contributed by atoms with Crippen molar-refractivity contribution in [1.82, 2.24) is 10.2 Å². The summed E-state index contributed by atoms with van der Waals surface area (Å²) in [5, 5.41) is 11.9. The molecule has 0 fully saturated rings. The number of carbonyl (C=O) groups excluding carboxylic acids is 1. The summed E-state index contributed by atoms with van der Waals surface area (Å²) in [4.78, 5) is 12.1. The van der Waals surface area contributed by atoms with Crippen LogP contribution in [-0.4, -0.2) is 23.2 Å². The largest absolute Gasteiger partial charge is 0.377 e. The summed E-state index contributed by atoms with van der Waals surface area (Å²) in [7, 11) is 1.56. The predicted octanol–water partition coefficient (Wildman–Crippen LogP) is 3.24. The maximum atomic E-state index is 12.1. The molecule has 1 amide bonds. The Morgan fingerprint density at radius 2 is 2.05 bits per heavy atom. The molecule has 1 aromatic heterocycles. The van der Waals surface area contributed by atoms with Gasteiger partial charge in [0.15, 0.2) is 0 Å². The zero-order valence-electron chi connectivity index (χ0n) is 9.81. The van der Waals surface area contributed by atoms with E-state index in [1.165, 1.54) is 11.3 Å². The number of halogens is 2. The highest BCUT2D eigenvalue weighted by Gasteiger charge is 2.16. The highest BCUT2D eigenvalue weighted by atomic mass is 35.5. The van der Waals surface area contributed by atoms with Crippen LogP contribution in [0.2, 0.25) is 10.0 Å². The van der Waals surface area contributed by atoms with E-state index in [9.17, 15) is 4.79 Å². The first-order valence-electron chi connectivity index (χ1n) is 5.18. The third-order valence-electron chi connectivity index (χ3n) is 2.14. The molecular weight excluding hydrogens is 309 g/mol. The summed E-state index contributed by atoms with van der Waals surface area (Å²) in [6.45, 7) is 0.348. The fraction of sp³-hybridized carbons (Fsp3) is 0.182. The number of nitrogens with zero attached hydrogens (tertiary/aromatic N) is 2. The molecule has 0 aliphatic rings. The van der Waals surface area contributed by atoms with Crippen molar-refractivity contribution in [3.63, 3.8) is 0 Å². The molecule has 0 atom stereocenters. The zero-order chi connectivity index (χ0) is 13.8. The Morgan fingerprint density at radius 3 is 2.68 bits per heavy atom. The number of rotatable bonds is 4. The number of carbonyl (C=O) groups is 1. The maximum Gasteiger partial charge on any atom is 0.260 e. The molecular formula is C11H9Cl2N3O2S. The molecule has 0 bridgehead atoms. The summed E-state index contributed by atoms with van der Waals surface area (Å²) in [6.07, 6.45) is 0. The van der Waals surface area contributed by atoms with Crippen molar-refractivity contribution in [2.45, 2.75) is 6.61 Å². The molecule has 0 spiro atoms.